The summed E-state index contributed by atoms with van der Waals surface area (Å²) in [6, 6.07) is 7.43. The second-order valence-corrected chi connectivity index (χ2v) is 6.32. The van der Waals surface area contributed by atoms with E-state index in [1.807, 2.05) is 24.3 Å². The number of amides is 3. The Morgan fingerprint density at radius 1 is 1.36 bits per heavy atom. The number of rotatable bonds is 4. The highest BCUT2D eigenvalue weighted by Gasteiger charge is 2.28. The molecule has 1 fully saturated rings. The van der Waals surface area contributed by atoms with Gasteiger partial charge in [-0.3, -0.25) is 9.59 Å². The molecule has 1 aromatic rings. The third-order valence-corrected chi connectivity index (χ3v) is 4.38. The zero-order valence-electron chi connectivity index (χ0n) is 14.9. The SMILES string of the molecule is COC(=O)N1CCCC(C(=O)Nc2cccc(CN(C)C(C)=O)c2)C1. The lowest BCUT2D eigenvalue weighted by molar-refractivity contribution is -0.128. The monoisotopic (exact) mass is 347 g/mol. The number of benzene rings is 1. The average molecular weight is 347 g/mol. The van der Waals surface area contributed by atoms with Gasteiger partial charge in [-0.1, -0.05) is 12.1 Å². The van der Waals surface area contributed by atoms with Crippen molar-refractivity contribution in [3.63, 3.8) is 0 Å². The van der Waals surface area contributed by atoms with Crippen molar-refractivity contribution in [2.24, 2.45) is 5.92 Å². The zero-order valence-corrected chi connectivity index (χ0v) is 14.9. The topological polar surface area (TPSA) is 79.0 Å². The molecule has 1 aromatic carbocycles. The molecular weight excluding hydrogens is 322 g/mol. The van der Waals surface area contributed by atoms with Gasteiger partial charge in [-0.2, -0.15) is 0 Å². The van der Waals surface area contributed by atoms with Crippen LogP contribution in [0.15, 0.2) is 24.3 Å². The Balaban J connectivity index is 1.98. The van der Waals surface area contributed by atoms with E-state index in [9.17, 15) is 14.4 Å². The van der Waals surface area contributed by atoms with Gasteiger partial charge < -0.3 is 19.9 Å². The van der Waals surface area contributed by atoms with Crippen LogP contribution in [0.2, 0.25) is 0 Å². The van der Waals surface area contributed by atoms with E-state index in [-0.39, 0.29) is 17.7 Å². The first-order valence-corrected chi connectivity index (χ1v) is 8.35. The predicted molar refractivity (Wildman–Crippen MR) is 93.9 cm³/mol. The second-order valence-electron chi connectivity index (χ2n) is 6.32. The van der Waals surface area contributed by atoms with Crippen LogP contribution in [0.3, 0.4) is 0 Å². The number of hydrogen-bond acceptors (Lipinski definition) is 4. The van der Waals surface area contributed by atoms with Crippen molar-refractivity contribution < 1.29 is 19.1 Å². The number of likely N-dealkylation sites (tertiary alicyclic amines) is 1. The van der Waals surface area contributed by atoms with Crippen LogP contribution in [-0.4, -0.2) is 55.0 Å². The van der Waals surface area contributed by atoms with Crippen LogP contribution in [0.4, 0.5) is 10.5 Å². The minimum Gasteiger partial charge on any atom is -0.453 e. The van der Waals surface area contributed by atoms with Crippen LogP contribution < -0.4 is 5.32 Å². The number of piperidine rings is 1. The van der Waals surface area contributed by atoms with Crippen LogP contribution in [0.1, 0.15) is 25.3 Å². The van der Waals surface area contributed by atoms with Crippen molar-refractivity contribution in [3.8, 4) is 0 Å². The third-order valence-electron chi connectivity index (χ3n) is 4.38. The van der Waals surface area contributed by atoms with Crippen molar-refractivity contribution in [2.75, 3.05) is 32.6 Å². The van der Waals surface area contributed by atoms with Crippen LogP contribution in [0.25, 0.3) is 0 Å². The number of nitrogens with one attached hydrogen (secondary N) is 1. The highest BCUT2D eigenvalue weighted by atomic mass is 16.5. The fraction of sp³-hybridized carbons (Fsp3) is 0.500. The van der Waals surface area contributed by atoms with E-state index < -0.39 is 6.09 Å². The molecule has 7 heteroatoms. The normalized spacial score (nSPS) is 16.9. The molecule has 1 saturated heterocycles. The Bertz CT molecular complexity index is 647. The third kappa shape index (κ3) is 5.20. The van der Waals surface area contributed by atoms with E-state index in [1.54, 1.807) is 16.8 Å². The van der Waals surface area contributed by atoms with Gasteiger partial charge in [-0.15, -0.1) is 0 Å². The molecule has 2 rings (SSSR count). The number of nitrogens with zero attached hydrogens (tertiary/aromatic N) is 2. The Kier molecular flexibility index (Phi) is 6.38. The molecule has 1 N–H and O–H groups in total. The fourth-order valence-electron chi connectivity index (χ4n) is 2.86. The standard InChI is InChI=1S/C18H25N3O4/c1-13(22)20(2)11-14-6-4-8-16(10-14)19-17(23)15-7-5-9-21(12-15)18(24)25-3/h4,6,8,10,15H,5,7,9,11-12H2,1-3H3,(H,19,23). The van der Waals surface area contributed by atoms with Gasteiger partial charge in [0.25, 0.3) is 0 Å². The van der Waals surface area contributed by atoms with Crippen LogP contribution >= 0.6 is 0 Å². The zero-order chi connectivity index (χ0) is 18.4. The quantitative estimate of drug-likeness (QED) is 0.904. The Morgan fingerprint density at radius 2 is 2.12 bits per heavy atom. The number of methoxy groups -OCH3 is 1. The number of carbonyl (C=O) groups is 3. The molecule has 0 bridgehead atoms. The molecule has 0 aliphatic carbocycles. The van der Waals surface area contributed by atoms with Gasteiger partial charge in [0, 0.05) is 39.3 Å². The molecule has 0 aromatic heterocycles. The molecule has 1 heterocycles. The van der Waals surface area contributed by atoms with E-state index >= 15 is 0 Å². The number of ether oxygens (including phenoxy) is 1. The number of hydrogen-bond donors (Lipinski definition) is 1. The summed E-state index contributed by atoms with van der Waals surface area (Å²) in [7, 11) is 3.08. The summed E-state index contributed by atoms with van der Waals surface area (Å²) in [5.74, 6) is -0.373. The highest BCUT2D eigenvalue weighted by Crippen LogP contribution is 2.20. The number of anilines is 1. The Morgan fingerprint density at radius 3 is 2.80 bits per heavy atom. The van der Waals surface area contributed by atoms with Gasteiger partial charge in [-0.05, 0) is 30.5 Å². The number of carbonyl (C=O) groups excluding carboxylic acids is 3. The first kappa shape index (κ1) is 18.8. The maximum absolute atomic E-state index is 12.5. The lowest BCUT2D eigenvalue weighted by Crippen LogP contribution is -2.43. The maximum Gasteiger partial charge on any atom is 0.409 e. The molecule has 3 amide bonds. The van der Waals surface area contributed by atoms with E-state index in [0.29, 0.717) is 25.3 Å². The molecule has 0 spiro atoms. The molecule has 25 heavy (non-hydrogen) atoms. The predicted octanol–water partition coefficient (Wildman–Crippen LogP) is 2.08. The first-order valence-electron chi connectivity index (χ1n) is 8.35. The lowest BCUT2D eigenvalue weighted by atomic mass is 9.97. The smallest absolute Gasteiger partial charge is 0.409 e. The van der Waals surface area contributed by atoms with Crippen molar-refractivity contribution in [1.29, 1.82) is 0 Å². The van der Waals surface area contributed by atoms with Crippen molar-refractivity contribution in [2.45, 2.75) is 26.3 Å². The Hall–Kier alpha value is -2.57. The van der Waals surface area contributed by atoms with Crippen molar-refractivity contribution in [1.82, 2.24) is 9.80 Å². The van der Waals surface area contributed by atoms with Crippen molar-refractivity contribution in [3.05, 3.63) is 29.8 Å². The Labute approximate surface area is 147 Å². The van der Waals surface area contributed by atoms with E-state index in [1.165, 1.54) is 14.0 Å². The van der Waals surface area contributed by atoms with E-state index in [0.717, 1.165) is 18.4 Å². The largest absolute Gasteiger partial charge is 0.453 e. The van der Waals surface area contributed by atoms with Gasteiger partial charge in [0.2, 0.25) is 11.8 Å². The summed E-state index contributed by atoms with van der Waals surface area (Å²) in [5, 5.41) is 2.91. The van der Waals surface area contributed by atoms with Gasteiger partial charge >= 0.3 is 6.09 Å². The van der Waals surface area contributed by atoms with Gasteiger partial charge in [0.1, 0.15) is 0 Å². The second kappa shape index (κ2) is 8.50. The summed E-state index contributed by atoms with van der Waals surface area (Å²) >= 11 is 0. The first-order chi connectivity index (χ1) is 11.9. The molecule has 0 saturated carbocycles. The molecule has 1 unspecified atom stereocenters. The highest BCUT2D eigenvalue weighted by molar-refractivity contribution is 5.93. The summed E-state index contributed by atoms with van der Waals surface area (Å²) in [4.78, 5) is 38.7. The van der Waals surface area contributed by atoms with Crippen LogP contribution in [-0.2, 0) is 20.9 Å². The van der Waals surface area contributed by atoms with E-state index in [4.69, 9.17) is 4.74 Å². The average Bonchev–Trinajstić information content (AvgIpc) is 2.61. The van der Waals surface area contributed by atoms with Crippen molar-refractivity contribution >= 4 is 23.6 Å². The lowest BCUT2D eigenvalue weighted by Gasteiger charge is -2.30. The van der Waals surface area contributed by atoms with E-state index in [2.05, 4.69) is 5.32 Å². The van der Waals surface area contributed by atoms with Crippen LogP contribution in [0, 0.1) is 5.92 Å². The van der Waals surface area contributed by atoms with Crippen LogP contribution in [0.5, 0.6) is 0 Å². The molecule has 7 nitrogen and oxygen atoms in total. The minimum absolute atomic E-state index is 0.0143. The summed E-state index contributed by atoms with van der Waals surface area (Å²) in [5.41, 5.74) is 1.63. The minimum atomic E-state index is -0.397. The summed E-state index contributed by atoms with van der Waals surface area (Å²) < 4.78 is 4.73. The van der Waals surface area contributed by atoms with Gasteiger partial charge in [0.15, 0.2) is 0 Å². The summed E-state index contributed by atoms with van der Waals surface area (Å²) in [6.45, 7) is 2.98. The van der Waals surface area contributed by atoms with Gasteiger partial charge in [-0.25, -0.2) is 4.79 Å². The molecule has 1 atom stereocenters. The maximum atomic E-state index is 12.5. The molecule has 0 radical (unpaired) electrons. The van der Waals surface area contributed by atoms with Gasteiger partial charge in [0.05, 0.1) is 13.0 Å². The molecule has 1 aliphatic rings. The molecule has 136 valence electrons. The molecule has 1 aliphatic heterocycles. The fourth-order valence-corrected chi connectivity index (χ4v) is 2.86. The molecular formula is C18H25N3O4. The summed E-state index contributed by atoms with van der Waals surface area (Å²) in [6.07, 6.45) is 1.12.